The van der Waals surface area contributed by atoms with E-state index in [1.165, 1.54) is 0 Å². The molecule has 19 heavy (non-hydrogen) atoms. The molecule has 1 aromatic heterocycles. The Morgan fingerprint density at radius 1 is 1.37 bits per heavy atom. The molecule has 2 aromatic rings. The normalized spacial score (nSPS) is 16.8. The van der Waals surface area contributed by atoms with Crippen LogP contribution in [0, 0.1) is 0 Å². The van der Waals surface area contributed by atoms with E-state index in [2.05, 4.69) is 6.92 Å². The number of nitrogens with zero attached hydrogens (tertiary/aromatic N) is 1. The monoisotopic (exact) mass is 281 g/mol. The largest absolute Gasteiger partial charge is 0.458 e. The smallest absolute Gasteiger partial charge is 0.135 e. The number of furan rings is 1. The van der Waals surface area contributed by atoms with Crippen molar-refractivity contribution in [2.24, 2.45) is 0 Å². The summed E-state index contributed by atoms with van der Waals surface area (Å²) in [4.78, 5) is 2.03. The van der Waals surface area contributed by atoms with Crippen molar-refractivity contribution in [3.63, 3.8) is 0 Å². The van der Waals surface area contributed by atoms with E-state index < -0.39 is 6.10 Å². The van der Waals surface area contributed by atoms with Crippen LogP contribution in [0.2, 0.25) is 5.02 Å². The molecule has 0 aliphatic carbocycles. The Hall–Kier alpha value is -1.03. The van der Waals surface area contributed by atoms with Crippen LogP contribution in [-0.4, -0.2) is 29.6 Å². The molecule has 1 aromatic carbocycles. The van der Waals surface area contributed by atoms with Gasteiger partial charge in [0.15, 0.2) is 0 Å². The summed E-state index contributed by atoms with van der Waals surface area (Å²) >= 11 is 5.96. The van der Waals surface area contributed by atoms with Gasteiger partial charge in [0, 0.05) is 10.4 Å². The van der Waals surface area contributed by atoms with Gasteiger partial charge in [0.05, 0.1) is 5.54 Å². The highest BCUT2D eigenvalue weighted by atomic mass is 35.5. The van der Waals surface area contributed by atoms with Crippen molar-refractivity contribution >= 4 is 22.6 Å². The summed E-state index contributed by atoms with van der Waals surface area (Å²) in [6.07, 6.45) is 0.137. The van der Waals surface area contributed by atoms with Gasteiger partial charge < -0.3 is 14.4 Å². The fourth-order valence-corrected chi connectivity index (χ4v) is 2.41. The second-order valence-electron chi connectivity index (χ2n) is 5.34. The minimum atomic E-state index is -0.682. The second-order valence-corrected chi connectivity index (χ2v) is 5.78. The van der Waals surface area contributed by atoms with Gasteiger partial charge in [0.1, 0.15) is 17.4 Å². The first-order valence-electron chi connectivity index (χ1n) is 6.43. The van der Waals surface area contributed by atoms with Crippen molar-refractivity contribution in [1.29, 1.82) is 0 Å². The van der Waals surface area contributed by atoms with Crippen molar-refractivity contribution < 1.29 is 9.52 Å². The summed E-state index contributed by atoms with van der Waals surface area (Å²) in [5.74, 6) is 0.579. The third kappa shape index (κ3) is 2.50. The van der Waals surface area contributed by atoms with Crippen LogP contribution >= 0.6 is 11.6 Å². The molecule has 0 fully saturated rings. The first-order valence-corrected chi connectivity index (χ1v) is 6.80. The number of aliphatic hydroxyl groups excluding tert-OH is 1. The Kier molecular flexibility index (Phi) is 3.90. The van der Waals surface area contributed by atoms with Crippen molar-refractivity contribution in [1.82, 2.24) is 4.90 Å². The van der Waals surface area contributed by atoms with Gasteiger partial charge in [-0.3, -0.25) is 0 Å². The first-order chi connectivity index (χ1) is 8.88. The van der Waals surface area contributed by atoms with E-state index in [4.69, 9.17) is 16.0 Å². The molecule has 0 spiro atoms. The van der Waals surface area contributed by atoms with Crippen LogP contribution in [0.4, 0.5) is 0 Å². The van der Waals surface area contributed by atoms with Crippen molar-refractivity contribution in [2.45, 2.75) is 31.9 Å². The molecule has 0 bridgehead atoms. The van der Waals surface area contributed by atoms with Crippen LogP contribution < -0.4 is 0 Å². The molecular formula is C15H20ClNO2. The number of aliphatic hydroxyl groups is 1. The van der Waals surface area contributed by atoms with Gasteiger partial charge in [-0.2, -0.15) is 0 Å². The van der Waals surface area contributed by atoms with Gasteiger partial charge in [0.2, 0.25) is 0 Å². The molecule has 0 aliphatic heterocycles. The summed E-state index contributed by atoms with van der Waals surface area (Å²) < 4.78 is 5.75. The molecule has 2 unspecified atom stereocenters. The van der Waals surface area contributed by atoms with Gasteiger partial charge in [-0.05, 0) is 51.7 Å². The zero-order chi connectivity index (χ0) is 14.2. The van der Waals surface area contributed by atoms with Gasteiger partial charge in [-0.1, -0.05) is 18.5 Å². The maximum atomic E-state index is 10.6. The molecule has 0 aliphatic rings. The lowest BCUT2D eigenvalue weighted by molar-refractivity contribution is -0.0110. The highest BCUT2D eigenvalue weighted by molar-refractivity contribution is 6.31. The highest BCUT2D eigenvalue weighted by Crippen LogP contribution is 2.35. The Morgan fingerprint density at radius 3 is 2.63 bits per heavy atom. The standard InChI is InChI=1S/C15H20ClNO2/c1-5-15(2,17(3)4)14(18)13-9-10-8-11(16)6-7-12(10)19-13/h6-9,14,18H,5H2,1-4H3. The second kappa shape index (κ2) is 5.16. The quantitative estimate of drug-likeness (QED) is 0.925. The molecule has 2 atom stereocenters. The van der Waals surface area contributed by atoms with E-state index in [0.29, 0.717) is 10.8 Å². The summed E-state index contributed by atoms with van der Waals surface area (Å²) in [6, 6.07) is 7.32. The maximum absolute atomic E-state index is 10.6. The summed E-state index contributed by atoms with van der Waals surface area (Å²) in [6.45, 7) is 4.08. The van der Waals surface area contributed by atoms with E-state index >= 15 is 0 Å². The Bertz CT molecular complexity index is 579. The molecule has 0 saturated carbocycles. The molecule has 3 nitrogen and oxygen atoms in total. The molecule has 1 heterocycles. The average Bonchev–Trinajstić information content (AvgIpc) is 2.79. The third-order valence-electron chi connectivity index (χ3n) is 4.09. The Morgan fingerprint density at radius 2 is 2.05 bits per heavy atom. The van der Waals surface area contributed by atoms with Crippen molar-refractivity contribution in [3.8, 4) is 0 Å². The van der Waals surface area contributed by atoms with Crippen molar-refractivity contribution in [2.75, 3.05) is 14.1 Å². The number of benzene rings is 1. The summed E-state index contributed by atoms with van der Waals surface area (Å²) in [5.41, 5.74) is 0.383. The topological polar surface area (TPSA) is 36.6 Å². The Labute approximate surface area is 118 Å². The molecule has 104 valence electrons. The van der Waals surface area contributed by atoms with E-state index in [1.54, 1.807) is 6.07 Å². The number of rotatable bonds is 4. The van der Waals surface area contributed by atoms with Gasteiger partial charge in [0.25, 0.3) is 0 Å². The van der Waals surface area contributed by atoms with Crippen LogP contribution in [0.25, 0.3) is 11.0 Å². The minimum Gasteiger partial charge on any atom is -0.458 e. The SMILES string of the molecule is CCC(C)(C(O)c1cc2cc(Cl)ccc2o1)N(C)C. The van der Waals surface area contributed by atoms with Gasteiger partial charge in [-0.25, -0.2) is 0 Å². The minimum absolute atomic E-state index is 0.363. The fraction of sp³-hybridized carbons (Fsp3) is 0.467. The average molecular weight is 282 g/mol. The lowest BCUT2D eigenvalue weighted by Crippen LogP contribution is -2.46. The van der Waals surface area contributed by atoms with E-state index in [0.717, 1.165) is 17.4 Å². The molecule has 0 amide bonds. The van der Waals surface area contributed by atoms with Crippen LogP contribution in [0.1, 0.15) is 32.1 Å². The molecule has 4 heteroatoms. The summed E-state index contributed by atoms with van der Waals surface area (Å²) in [7, 11) is 3.93. The Balaban J connectivity index is 2.43. The maximum Gasteiger partial charge on any atom is 0.135 e. The van der Waals surface area contributed by atoms with Crippen LogP contribution in [0.5, 0.6) is 0 Å². The zero-order valence-corrected chi connectivity index (χ0v) is 12.5. The number of likely N-dealkylation sites (N-methyl/N-ethyl adjacent to an activating group) is 1. The molecule has 2 rings (SSSR count). The predicted octanol–water partition coefficient (Wildman–Crippen LogP) is 3.85. The van der Waals surface area contributed by atoms with Gasteiger partial charge in [-0.15, -0.1) is 0 Å². The lowest BCUT2D eigenvalue weighted by Gasteiger charge is -2.38. The third-order valence-corrected chi connectivity index (χ3v) is 4.33. The number of hydrogen-bond acceptors (Lipinski definition) is 3. The van der Waals surface area contributed by atoms with Crippen LogP contribution in [-0.2, 0) is 0 Å². The zero-order valence-electron chi connectivity index (χ0n) is 11.8. The molecular weight excluding hydrogens is 262 g/mol. The van der Waals surface area contributed by atoms with Crippen LogP contribution in [0.15, 0.2) is 28.7 Å². The van der Waals surface area contributed by atoms with E-state index in [-0.39, 0.29) is 5.54 Å². The number of halogens is 1. The first kappa shape index (κ1) is 14.4. The van der Waals surface area contributed by atoms with Crippen LogP contribution in [0.3, 0.4) is 0 Å². The molecule has 1 N–H and O–H groups in total. The lowest BCUT2D eigenvalue weighted by atomic mass is 9.88. The summed E-state index contributed by atoms with van der Waals surface area (Å²) in [5, 5.41) is 12.2. The predicted molar refractivity (Wildman–Crippen MR) is 78.6 cm³/mol. The highest BCUT2D eigenvalue weighted by Gasteiger charge is 2.36. The van der Waals surface area contributed by atoms with E-state index in [9.17, 15) is 5.11 Å². The fourth-order valence-electron chi connectivity index (χ4n) is 2.23. The molecule has 0 radical (unpaired) electrons. The number of hydrogen-bond donors (Lipinski definition) is 1. The molecule has 0 saturated heterocycles. The van der Waals surface area contributed by atoms with E-state index in [1.807, 2.05) is 44.1 Å². The van der Waals surface area contributed by atoms with Gasteiger partial charge >= 0.3 is 0 Å². The van der Waals surface area contributed by atoms with Crippen molar-refractivity contribution in [3.05, 3.63) is 35.0 Å². The number of fused-ring (bicyclic) bond motifs is 1.